The number of guanidine groups is 1. The van der Waals surface area contributed by atoms with Crippen LogP contribution in [-0.4, -0.2) is 66.6 Å². The van der Waals surface area contributed by atoms with Crippen LogP contribution >= 0.6 is 0 Å². The van der Waals surface area contributed by atoms with Gasteiger partial charge in [0.25, 0.3) is 5.91 Å². The largest absolute Gasteiger partial charge is 0.459 e. The second-order valence-corrected chi connectivity index (χ2v) is 6.28. The minimum Gasteiger partial charge on any atom is -0.459 e. The molecule has 1 amide bonds. The summed E-state index contributed by atoms with van der Waals surface area (Å²) < 4.78 is 10.4. The lowest BCUT2D eigenvalue weighted by atomic mass is 10.1. The maximum Gasteiger partial charge on any atom is 0.289 e. The van der Waals surface area contributed by atoms with Gasteiger partial charge < -0.3 is 24.1 Å². The van der Waals surface area contributed by atoms with E-state index in [1.807, 2.05) is 18.7 Å². The minimum atomic E-state index is -0.0593. The first-order chi connectivity index (χ1) is 12.6. The number of aromatic nitrogens is 1. The van der Waals surface area contributed by atoms with E-state index in [9.17, 15) is 4.79 Å². The van der Waals surface area contributed by atoms with Gasteiger partial charge in [-0.2, -0.15) is 0 Å². The number of aliphatic imine (C=N–C) groups is 1. The first kappa shape index (κ1) is 18.0. The highest BCUT2D eigenvalue weighted by Gasteiger charge is 2.25. The zero-order chi connectivity index (χ0) is 18.5. The number of piperazine rings is 1. The molecule has 1 aliphatic heterocycles. The summed E-state index contributed by atoms with van der Waals surface area (Å²) in [5.74, 6) is 2.04. The van der Waals surface area contributed by atoms with Crippen molar-refractivity contribution in [2.24, 2.45) is 4.99 Å². The Hall–Kier alpha value is -2.77. The lowest BCUT2D eigenvalue weighted by Gasteiger charge is -2.36. The number of carbonyl (C=O) groups is 1. The molecule has 0 saturated carbocycles. The van der Waals surface area contributed by atoms with Crippen molar-refractivity contribution in [2.75, 3.05) is 39.8 Å². The molecule has 1 aliphatic rings. The number of nitrogens with one attached hydrogen (secondary N) is 1. The van der Waals surface area contributed by atoms with Gasteiger partial charge in [-0.1, -0.05) is 5.16 Å². The van der Waals surface area contributed by atoms with Gasteiger partial charge in [-0.15, -0.1) is 0 Å². The van der Waals surface area contributed by atoms with E-state index in [1.54, 1.807) is 19.2 Å². The van der Waals surface area contributed by atoms with Gasteiger partial charge in [0.15, 0.2) is 11.7 Å². The summed E-state index contributed by atoms with van der Waals surface area (Å²) in [5.41, 5.74) is 2.08. The molecule has 2 aromatic rings. The van der Waals surface area contributed by atoms with E-state index in [0.717, 1.165) is 49.0 Å². The van der Waals surface area contributed by atoms with Crippen LogP contribution < -0.4 is 5.32 Å². The fourth-order valence-corrected chi connectivity index (χ4v) is 3.17. The Balaban J connectivity index is 1.48. The maximum atomic E-state index is 12.3. The zero-order valence-electron chi connectivity index (χ0n) is 15.5. The summed E-state index contributed by atoms with van der Waals surface area (Å²) in [5, 5.41) is 7.37. The standard InChI is InChI=1S/C18H25N5O3/c1-13-15(14(2)26-21-13)6-7-20-18(19-3)23-10-8-22(9-11-23)17(24)16-5-4-12-25-16/h4-5,12H,6-11H2,1-3H3,(H,19,20). The number of rotatable bonds is 4. The SMILES string of the molecule is CN=C(NCCc1c(C)noc1C)N1CCN(C(=O)c2ccco2)CC1. The molecule has 0 atom stereocenters. The van der Waals surface area contributed by atoms with Crippen molar-refractivity contribution < 1.29 is 13.7 Å². The Morgan fingerprint density at radius 3 is 2.58 bits per heavy atom. The van der Waals surface area contributed by atoms with Crippen LogP contribution in [0.5, 0.6) is 0 Å². The van der Waals surface area contributed by atoms with Gasteiger partial charge in [-0.05, 0) is 32.4 Å². The van der Waals surface area contributed by atoms with Crippen LogP contribution in [-0.2, 0) is 6.42 Å². The molecule has 0 bridgehead atoms. The van der Waals surface area contributed by atoms with Gasteiger partial charge in [0.1, 0.15) is 5.76 Å². The molecule has 0 aromatic carbocycles. The number of hydrogen-bond acceptors (Lipinski definition) is 5. The lowest BCUT2D eigenvalue weighted by molar-refractivity contribution is 0.0658. The molecule has 3 heterocycles. The van der Waals surface area contributed by atoms with Crippen LogP contribution in [0.1, 0.15) is 27.6 Å². The van der Waals surface area contributed by atoms with E-state index in [2.05, 4.69) is 20.4 Å². The third kappa shape index (κ3) is 3.89. The topological polar surface area (TPSA) is 87.1 Å². The predicted octanol–water partition coefficient (Wildman–Crippen LogP) is 1.46. The van der Waals surface area contributed by atoms with Crippen molar-refractivity contribution in [2.45, 2.75) is 20.3 Å². The minimum absolute atomic E-state index is 0.0593. The van der Waals surface area contributed by atoms with Crippen molar-refractivity contribution >= 4 is 11.9 Å². The number of hydrogen-bond donors (Lipinski definition) is 1. The Bertz CT molecular complexity index is 738. The van der Waals surface area contributed by atoms with E-state index in [1.165, 1.54) is 6.26 Å². The molecule has 3 rings (SSSR count). The molecule has 140 valence electrons. The smallest absolute Gasteiger partial charge is 0.289 e. The summed E-state index contributed by atoms with van der Waals surface area (Å²) in [6.07, 6.45) is 2.35. The first-order valence-corrected chi connectivity index (χ1v) is 8.80. The summed E-state index contributed by atoms with van der Waals surface area (Å²) in [4.78, 5) is 20.7. The molecule has 1 fully saturated rings. The second kappa shape index (κ2) is 8.07. The molecule has 0 aliphatic carbocycles. The van der Waals surface area contributed by atoms with Crippen LogP contribution in [0.25, 0.3) is 0 Å². The zero-order valence-corrected chi connectivity index (χ0v) is 15.5. The highest BCUT2D eigenvalue weighted by atomic mass is 16.5. The van der Waals surface area contributed by atoms with Crippen molar-refractivity contribution in [1.29, 1.82) is 0 Å². The van der Waals surface area contributed by atoms with Crippen LogP contribution in [0.4, 0.5) is 0 Å². The lowest BCUT2D eigenvalue weighted by Crippen LogP contribution is -2.54. The van der Waals surface area contributed by atoms with Crippen molar-refractivity contribution in [3.8, 4) is 0 Å². The fraction of sp³-hybridized carbons (Fsp3) is 0.500. The number of nitrogens with zero attached hydrogens (tertiary/aromatic N) is 4. The monoisotopic (exact) mass is 359 g/mol. The molecule has 1 N–H and O–H groups in total. The highest BCUT2D eigenvalue weighted by Crippen LogP contribution is 2.12. The van der Waals surface area contributed by atoms with Gasteiger partial charge in [0, 0.05) is 45.3 Å². The number of amides is 1. The first-order valence-electron chi connectivity index (χ1n) is 8.80. The number of carbonyl (C=O) groups excluding carboxylic acids is 1. The van der Waals surface area contributed by atoms with E-state index < -0.39 is 0 Å². The average Bonchev–Trinajstić information content (AvgIpc) is 3.30. The summed E-state index contributed by atoms with van der Waals surface area (Å²) in [7, 11) is 1.78. The molecule has 26 heavy (non-hydrogen) atoms. The second-order valence-electron chi connectivity index (χ2n) is 6.28. The van der Waals surface area contributed by atoms with Crippen molar-refractivity contribution in [3.05, 3.63) is 41.2 Å². The van der Waals surface area contributed by atoms with Crippen LogP contribution in [0, 0.1) is 13.8 Å². The summed E-state index contributed by atoms with van der Waals surface area (Å²) >= 11 is 0. The molecule has 1 saturated heterocycles. The van der Waals surface area contributed by atoms with Gasteiger partial charge >= 0.3 is 0 Å². The van der Waals surface area contributed by atoms with E-state index in [0.29, 0.717) is 18.8 Å². The van der Waals surface area contributed by atoms with E-state index in [-0.39, 0.29) is 5.91 Å². The van der Waals surface area contributed by atoms with Crippen LogP contribution in [0.2, 0.25) is 0 Å². The average molecular weight is 359 g/mol. The predicted molar refractivity (Wildman–Crippen MR) is 97.2 cm³/mol. The van der Waals surface area contributed by atoms with Gasteiger partial charge in [-0.25, -0.2) is 0 Å². The molecule has 0 radical (unpaired) electrons. The maximum absolute atomic E-state index is 12.3. The highest BCUT2D eigenvalue weighted by molar-refractivity contribution is 5.91. The quantitative estimate of drug-likeness (QED) is 0.657. The van der Waals surface area contributed by atoms with E-state index in [4.69, 9.17) is 8.94 Å². The molecule has 0 spiro atoms. The van der Waals surface area contributed by atoms with Crippen LogP contribution in [0.3, 0.4) is 0 Å². The molecular formula is C18H25N5O3. The molecule has 8 nitrogen and oxygen atoms in total. The van der Waals surface area contributed by atoms with Gasteiger partial charge in [-0.3, -0.25) is 9.79 Å². The Kier molecular flexibility index (Phi) is 5.60. The molecular weight excluding hydrogens is 334 g/mol. The van der Waals surface area contributed by atoms with Gasteiger partial charge in [0.05, 0.1) is 12.0 Å². The number of furan rings is 1. The normalized spacial score (nSPS) is 15.4. The Labute approximate surface area is 152 Å². The Morgan fingerprint density at radius 2 is 2.00 bits per heavy atom. The molecule has 8 heteroatoms. The van der Waals surface area contributed by atoms with E-state index >= 15 is 0 Å². The molecule has 0 unspecified atom stereocenters. The van der Waals surface area contributed by atoms with Gasteiger partial charge in [0.2, 0.25) is 0 Å². The van der Waals surface area contributed by atoms with Crippen molar-refractivity contribution in [1.82, 2.24) is 20.3 Å². The third-order valence-corrected chi connectivity index (χ3v) is 4.65. The summed E-state index contributed by atoms with van der Waals surface area (Å²) in [6.45, 7) is 7.39. The van der Waals surface area contributed by atoms with Crippen LogP contribution in [0.15, 0.2) is 32.3 Å². The van der Waals surface area contributed by atoms with Crippen molar-refractivity contribution in [3.63, 3.8) is 0 Å². The summed E-state index contributed by atoms with van der Waals surface area (Å²) in [6, 6.07) is 3.43. The molecule has 2 aromatic heterocycles. The Morgan fingerprint density at radius 1 is 1.27 bits per heavy atom. The number of aryl methyl sites for hydroxylation is 2. The third-order valence-electron chi connectivity index (χ3n) is 4.65. The fourth-order valence-electron chi connectivity index (χ4n) is 3.17.